The van der Waals surface area contributed by atoms with E-state index in [0.717, 1.165) is 10.0 Å². The van der Waals surface area contributed by atoms with Crippen LogP contribution in [0.5, 0.6) is 5.75 Å². The van der Waals surface area contributed by atoms with Gasteiger partial charge in [0.1, 0.15) is 19.0 Å². The van der Waals surface area contributed by atoms with Crippen LogP contribution in [0, 0.1) is 0 Å². The van der Waals surface area contributed by atoms with Crippen molar-refractivity contribution in [2.45, 2.75) is 20.5 Å². The normalized spacial score (nSPS) is 9.13. The van der Waals surface area contributed by atoms with E-state index in [-0.39, 0.29) is 13.2 Å². The molecule has 4 heteroatoms. The lowest BCUT2D eigenvalue weighted by molar-refractivity contribution is 0.267. The molecule has 1 aromatic rings. The van der Waals surface area contributed by atoms with Crippen molar-refractivity contribution in [3.05, 3.63) is 28.2 Å². The average molecular weight is 279 g/mol. The van der Waals surface area contributed by atoms with Crippen molar-refractivity contribution in [2.24, 2.45) is 0 Å². The van der Waals surface area contributed by atoms with Crippen molar-refractivity contribution in [3.63, 3.8) is 0 Å². The van der Waals surface area contributed by atoms with E-state index in [1.807, 2.05) is 13.8 Å². The summed E-state index contributed by atoms with van der Waals surface area (Å²) in [4.78, 5) is 0. The highest BCUT2D eigenvalue weighted by molar-refractivity contribution is 9.10. The first-order valence-corrected chi connectivity index (χ1v) is 5.64. The van der Waals surface area contributed by atoms with Crippen molar-refractivity contribution in [3.8, 4) is 5.75 Å². The lowest BCUT2D eigenvalue weighted by Crippen LogP contribution is -1.99. The summed E-state index contributed by atoms with van der Waals surface area (Å²) in [5.74, 6) is 0.566. The van der Waals surface area contributed by atoms with Gasteiger partial charge >= 0.3 is 0 Å². The third-order valence-corrected chi connectivity index (χ3v) is 1.92. The molecule has 0 aliphatic heterocycles. The average Bonchev–Trinajstić information content (AvgIpc) is 2.28. The predicted molar refractivity (Wildman–Crippen MR) is 62.9 cm³/mol. The van der Waals surface area contributed by atoms with Gasteiger partial charge in [0.25, 0.3) is 0 Å². The predicted octanol–water partition coefficient (Wildman–Crippen LogP) is 3.32. The molecule has 0 bridgehead atoms. The molecule has 0 amide bonds. The molecule has 2 nitrogen and oxygen atoms in total. The first-order chi connectivity index (χ1) is 7.26. The molecule has 0 spiro atoms. The van der Waals surface area contributed by atoms with E-state index in [0.29, 0.717) is 5.75 Å². The van der Waals surface area contributed by atoms with Gasteiger partial charge in [-0.15, -0.1) is 0 Å². The molecule has 0 saturated heterocycles. The Morgan fingerprint density at radius 1 is 1.33 bits per heavy atom. The summed E-state index contributed by atoms with van der Waals surface area (Å²) in [5, 5.41) is 8.86. The second kappa shape index (κ2) is 8.68. The number of rotatable bonds is 4. The van der Waals surface area contributed by atoms with Crippen LogP contribution >= 0.6 is 15.9 Å². The topological polar surface area (TPSA) is 29.5 Å². The van der Waals surface area contributed by atoms with E-state index >= 15 is 0 Å². The lowest BCUT2D eigenvalue weighted by atomic mass is 10.2. The summed E-state index contributed by atoms with van der Waals surface area (Å²) < 4.78 is 17.7. The smallest absolute Gasteiger partial charge is 0.123 e. The molecule has 0 aromatic heterocycles. The van der Waals surface area contributed by atoms with Crippen molar-refractivity contribution in [1.29, 1.82) is 0 Å². The molecule has 15 heavy (non-hydrogen) atoms. The van der Waals surface area contributed by atoms with Crippen LogP contribution in [0.1, 0.15) is 19.4 Å². The third-order valence-electron chi connectivity index (χ3n) is 1.46. The first-order valence-electron chi connectivity index (χ1n) is 4.85. The molecule has 86 valence electrons. The fraction of sp³-hybridized carbons (Fsp3) is 0.455. The molecule has 0 fully saturated rings. The Morgan fingerprint density at radius 3 is 2.53 bits per heavy atom. The van der Waals surface area contributed by atoms with Gasteiger partial charge in [-0.3, -0.25) is 0 Å². The van der Waals surface area contributed by atoms with Crippen molar-refractivity contribution >= 4 is 15.9 Å². The summed E-state index contributed by atoms with van der Waals surface area (Å²) >= 11 is 3.26. The minimum absolute atomic E-state index is 0.0430. The number of ether oxygens (including phenoxy) is 1. The maximum absolute atomic E-state index is 11.8. The molecule has 1 rings (SSSR count). The molecule has 0 heterocycles. The quantitative estimate of drug-likeness (QED) is 0.916. The number of hydrogen-bond donors (Lipinski definition) is 1. The van der Waals surface area contributed by atoms with E-state index in [2.05, 4.69) is 15.9 Å². The fourth-order valence-corrected chi connectivity index (χ4v) is 1.47. The number of aliphatic hydroxyl groups is 1. The monoisotopic (exact) mass is 278 g/mol. The molecule has 1 aromatic carbocycles. The first kappa shape index (κ1) is 14.4. The van der Waals surface area contributed by atoms with E-state index < -0.39 is 6.67 Å². The maximum atomic E-state index is 11.8. The van der Waals surface area contributed by atoms with Gasteiger partial charge in [0.2, 0.25) is 0 Å². The van der Waals surface area contributed by atoms with Gasteiger partial charge in [-0.25, -0.2) is 4.39 Å². The number of hydrogen-bond acceptors (Lipinski definition) is 2. The Morgan fingerprint density at radius 2 is 2.00 bits per heavy atom. The molecule has 0 aliphatic carbocycles. The summed E-state index contributed by atoms with van der Waals surface area (Å²) in [5.41, 5.74) is 0.739. The Kier molecular flexibility index (Phi) is 8.33. The molecule has 0 radical (unpaired) electrons. The number of benzene rings is 1. The Bertz CT molecular complexity index is 279. The molecule has 0 atom stereocenters. The summed E-state index contributed by atoms with van der Waals surface area (Å²) in [7, 11) is 0. The summed E-state index contributed by atoms with van der Waals surface area (Å²) in [6.07, 6.45) is 0. The maximum Gasteiger partial charge on any atom is 0.123 e. The Balaban J connectivity index is 0.000000921. The van der Waals surface area contributed by atoms with Gasteiger partial charge in [0.15, 0.2) is 0 Å². The Hall–Kier alpha value is -0.610. The molecular weight excluding hydrogens is 263 g/mol. The van der Waals surface area contributed by atoms with Gasteiger partial charge < -0.3 is 9.84 Å². The standard InChI is InChI=1S/C9H10BrFO2.C2H6/c10-8-3-7(6-12)4-9(5-8)13-2-1-11;1-2/h3-5,12H,1-2,6H2;1-2H3. The van der Waals surface area contributed by atoms with Crippen LogP contribution in [-0.2, 0) is 6.61 Å². The van der Waals surface area contributed by atoms with Gasteiger partial charge in [0, 0.05) is 4.47 Å². The van der Waals surface area contributed by atoms with Crippen molar-refractivity contribution in [2.75, 3.05) is 13.3 Å². The molecule has 0 unspecified atom stereocenters. The Labute approximate surface area is 98.2 Å². The molecule has 1 N–H and O–H groups in total. The van der Waals surface area contributed by atoms with Crippen LogP contribution in [0.3, 0.4) is 0 Å². The van der Waals surface area contributed by atoms with E-state index in [4.69, 9.17) is 9.84 Å². The van der Waals surface area contributed by atoms with Gasteiger partial charge in [-0.1, -0.05) is 29.8 Å². The zero-order chi connectivity index (χ0) is 11.7. The summed E-state index contributed by atoms with van der Waals surface area (Å²) in [6.45, 7) is 3.48. The van der Waals surface area contributed by atoms with Crippen LogP contribution in [0.25, 0.3) is 0 Å². The number of aliphatic hydroxyl groups excluding tert-OH is 1. The minimum atomic E-state index is -0.513. The van der Waals surface area contributed by atoms with Crippen LogP contribution in [0.15, 0.2) is 22.7 Å². The van der Waals surface area contributed by atoms with Crippen molar-refractivity contribution < 1.29 is 14.2 Å². The zero-order valence-electron chi connectivity index (χ0n) is 8.96. The third kappa shape index (κ3) is 5.74. The lowest BCUT2D eigenvalue weighted by Gasteiger charge is -2.05. The molecular formula is C11H16BrFO2. The van der Waals surface area contributed by atoms with Crippen LogP contribution in [-0.4, -0.2) is 18.4 Å². The van der Waals surface area contributed by atoms with Crippen molar-refractivity contribution in [1.82, 2.24) is 0 Å². The second-order valence-corrected chi connectivity index (χ2v) is 3.41. The van der Waals surface area contributed by atoms with E-state index in [1.165, 1.54) is 0 Å². The van der Waals surface area contributed by atoms with E-state index in [9.17, 15) is 4.39 Å². The van der Waals surface area contributed by atoms with E-state index in [1.54, 1.807) is 18.2 Å². The largest absolute Gasteiger partial charge is 0.491 e. The second-order valence-electron chi connectivity index (χ2n) is 2.49. The van der Waals surface area contributed by atoms with Gasteiger partial charge in [-0.2, -0.15) is 0 Å². The van der Waals surface area contributed by atoms with Gasteiger partial charge in [0.05, 0.1) is 6.61 Å². The SMILES string of the molecule is CC.OCc1cc(Br)cc(OCCF)c1. The highest BCUT2D eigenvalue weighted by Gasteiger charge is 1.99. The number of halogens is 2. The van der Waals surface area contributed by atoms with Crippen LogP contribution in [0.4, 0.5) is 4.39 Å². The highest BCUT2D eigenvalue weighted by Crippen LogP contribution is 2.21. The highest BCUT2D eigenvalue weighted by atomic mass is 79.9. The minimum Gasteiger partial charge on any atom is -0.491 e. The summed E-state index contributed by atoms with van der Waals surface area (Å²) in [6, 6.07) is 5.19. The zero-order valence-corrected chi connectivity index (χ0v) is 10.6. The molecule has 0 aliphatic rings. The number of alkyl halides is 1. The van der Waals surface area contributed by atoms with Crippen LogP contribution in [0.2, 0.25) is 0 Å². The van der Waals surface area contributed by atoms with Crippen LogP contribution < -0.4 is 4.74 Å². The van der Waals surface area contributed by atoms with Gasteiger partial charge in [-0.05, 0) is 23.8 Å². The molecule has 0 saturated carbocycles. The fourth-order valence-electron chi connectivity index (χ4n) is 0.952.